The van der Waals surface area contributed by atoms with Crippen LogP contribution in [0.4, 0.5) is 5.69 Å². The number of aryl methyl sites for hydroxylation is 2. The highest BCUT2D eigenvalue weighted by Gasteiger charge is 2.28. The molecule has 160 valence electrons. The van der Waals surface area contributed by atoms with E-state index in [0.29, 0.717) is 13.1 Å². The summed E-state index contributed by atoms with van der Waals surface area (Å²) in [6, 6.07) is 6.04. The fourth-order valence-electron chi connectivity index (χ4n) is 3.99. The van der Waals surface area contributed by atoms with Crippen molar-refractivity contribution in [2.24, 2.45) is 5.92 Å². The van der Waals surface area contributed by atoms with E-state index in [1.54, 1.807) is 0 Å². The molecule has 2 fully saturated rings. The molecule has 6 nitrogen and oxygen atoms in total. The summed E-state index contributed by atoms with van der Waals surface area (Å²) in [6.07, 6.45) is 3.56. The maximum Gasteiger partial charge on any atom is 0.238 e. The smallest absolute Gasteiger partial charge is 0.238 e. The molecule has 0 bridgehead atoms. The Morgan fingerprint density at radius 2 is 1.62 bits per heavy atom. The summed E-state index contributed by atoms with van der Waals surface area (Å²) in [6.45, 7) is 12.2. The van der Waals surface area contributed by atoms with Crippen LogP contribution >= 0.6 is 0 Å². The summed E-state index contributed by atoms with van der Waals surface area (Å²) in [5.74, 6) is 1.03. The minimum atomic E-state index is 0.0329. The van der Waals surface area contributed by atoms with Crippen molar-refractivity contribution in [1.29, 1.82) is 0 Å². The van der Waals surface area contributed by atoms with Crippen LogP contribution in [-0.2, 0) is 9.59 Å². The number of carbonyl (C=O) groups excluding carboxylic acids is 2. The van der Waals surface area contributed by atoms with E-state index in [1.807, 2.05) is 32.0 Å². The van der Waals surface area contributed by atoms with Gasteiger partial charge in [0, 0.05) is 45.0 Å². The summed E-state index contributed by atoms with van der Waals surface area (Å²) >= 11 is 0. The minimum Gasteiger partial charge on any atom is -0.341 e. The number of hydrogen-bond donors (Lipinski definition) is 1. The second-order valence-electron chi connectivity index (χ2n) is 8.65. The molecule has 6 heteroatoms. The molecule has 0 unspecified atom stereocenters. The molecule has 1 aromatic rings. The van der Waals surface area contributed by atoms with Gasteiger partial charge in [-0.25, -0.2) is 0 Å². The number of rotatable bonds is 9. The number of carbonyl (C=O) groups is 2. The van der Waals surface area contributed by atoms with E-state index in [9.17, 15) is 9.59 Å². The first-order valence-electron chi connectivity index (χ1n) is 11.0. The van der Waals surface area contributed by atoms with Gasteiger partial charge in [-0.1, -0.05) is 25.1 Å². The molecule has 0 atom stereocenters. The largest absolute Gasteiger partial charge is 0.341 e. The fraction of sp³-hybridized carbons (Fsp3) is 0.652. The van der Waals surface area contributed by atoms with E-state index in [4.69, 9.17) is 0 Å². The third kappa shape index (κ3) is 6.54. The number of anilines is 1. The number of para-hydroxylation sites is 1. The van der Waals surface area contributed by atoms with Gasteiger partial charge < -0.3 is 10.2 Å². The van der Waals surface area contributed by atoms with Gasteiger partial charge in [0.2, 0.25) is 11.8 Å². The molecule has 29 heavy (non-hydrogen) atoms. The number of hydrogen-bond acceptors (Lipinski definition) is 4. The molecule has 3 rings (SSSR count). The lowest BCUT2D eigenvalue weighted by molar-refractivity contribution is -0.133. The highest BCUT2D eigenvalue weighted by Crippen LogP contribution is 2.29. The van der Waals surface area contributed by atoms with Crippen molar-refractivity contribution in [2.45, 2.75) is 40.0 Å². The quantitative estimate of drug-likeness (QED) is 0.692. The molecule has 1 aliphatic heterocycles. The van der Waals surface area contributed by atoms with Crippen molar-refractivity contribution in [2.75, 3.05) is 57.7 Å². The average Bonchev–Trinajstić information content (AvgIpc) is 3.50. The van der Waals surface area contributed by atoms with Crippen molar-refractivity contribution >= 4 is 17.5 Å². The Hall–Kier alpha value is -1.92. The van der Waals surface area contributed by atoms with Crippen LogP contribution in [0.2, 0.25) is 0 Å². The number of benzene rings is 1. The molecule has 1 saturated carbocycles. The maximum atomic E-state index is 12.7. The van der Waals surface area contributed by atoms with E-state index >= 15 is 0 Å². The first kappa shape index (κ1) is 21.8. The normalized spacial score (nSPS) is 17.9. The van der Waals surface area contributed by atoms with E-state index in [2.05, 4.69) is 26.9 Å². The van der Waals surface area contributed by atoms with Crippen LogP contribution < -0.4 is 5.32 Å². The molecular weight excluding hydrogens is 364 g/mol. The SMILES string of the molecule is CCCN(CC1CC1)C(=O)CN1CCN(CC(=O)Nc2c(C)cccc2C)CC1. The molecule has 1 aliphatic carbocycles. The van der Waals surface area contributed by atoms with Crippen LogP contribution in [0.5, 0.6) is 0 Å². The molecule has 1 heterocycles. The van der Waals surface area contributed by atoms with Crippen LogP contribution in [0.3, 0.4) is 0 Å². The van der Waals surface area contributed by atoms with E-state index in [0.717, 1.165) is 68.4 Å². The molecule has 1 saturated heterocycles. The zero-order chi connectivity index (χ0) is 20.8. The Morgan fingerprint density at radius 1 is 1.03 bits per heavy atom. The van der Waals surface area contributed by atoms with Crippen molar-refractivity contribution in [1.82, 2.24) is 14.7 Å². The molecule has 2 aliphatic rings. The summed E-state index contributed by atoms with van der Waals surface area (Å²) in [4.78, 5) is 31.7. The number of nitrogens with zero attached hydrogens (tertiary/aromatic N) is 3. The van der Waals surface area contributed by atoms with Gasteiger partial charge in [-0.05, 0) is 50.2 Å². The summed E-state index contributed by atoms with van der Waals surface area (Å²) < 4.78 is 0. The van der Waals surface area contributed by atoms with Crippen LogP contribution in [0.15, 0.2) is 18.2 Å². The Bertz CT molecular complexity index is 689. The van der Waals surface area contributed by atoms with Gasteiger partial charge in [-0.15, -0.1) is 0 Å². The van der Waals surface area contributed by atoms with Crippen molar-refractivity contribution in [3.63, 3.8) is 0 Å². The zero-order valence-corrected chi connectivity index (χ0v) is 18.2. The molecule has 0 radical (unpaired) electrons. The molecule has 0 aromatic heterocycles. The van der Waals surface area contributed by atoms with Gasteiger partial charge in [0.15, 0.2) is 0 Å². The lowest BCUT2D eigenvalue weighted by atomic mass is 10.1. The summed E-state index contributed by atoms with van der Waals surface area (Å²) in [7, 11) is 0. The molecule has 2 amide bonds. The van der Waals surface area contributed by atoms with Crippen LogP contribution in [0.25, 0.3) is 0 Å². The summed E-state index contributed by atoms with van der Waals surface area (Å²) in [5, 5.41) is 3.07. The van der Waals surface area contributed by atoms with Crippen LogP contribution in [0, 0.1) is 19.8 Å². The molecule has 1 N–H and O–H groups in total. The summed E-state index contributed by atoms with van der Waals surface area (Å²) in [5.41, 5.74) is 3.10. The predicted octanol–water partition coefficient (Wildman–Crippen LogP) is 2.51. The number of piperazine rings is 1. The first-order chi connectivity index (χ1) is 14.0. The molecular formula is C23H36N4O2. The van der Waals surface area contributed by atoms with Gasteiger partial charge in [0.25, 0.3) is 0 Å². The van der Waals surface area contributed by atoms with Gasteiger partial charge in [-0.3, -0.25) is 19.4 Å². The first-order valence-corrected chi connectivity index (χ1v) is 11.0. The molecule has 1 aromatic carbocycles. The van der Waals surface area contributed by atoms with Gasteiger partial charge >= 0.3 is 0 Å². The predicted molar refractivity (Wildman–Crippen MR) is 117 cm³/mol. The van der Waals surface area contributed by atoms with E-state index < -0.39 is 0 Å². The maximum absolute atomic E-state index is 12.7. The lowest BCUT2D eigenvalue weighted by Crippen LogP contribution is -2.51. The van der Waals surface area contributed by atoms with Crippen molar-refractivity contribution in [3.05, 3.63) is 29.3 Å². The lowest BCUT2D eigenvalue weighted by Gasteiger charge is -2.35. The number of nitrogens with one attached hydrogen (secondary N) is 1. The van der Waals surface area contributed by atoms with Gasteiger partial charge in [0.05, 0.1) is 13.1 Å². The third-order valence-electron chi connectivity index (χ3n) is 5.96. The van der Waals surface area contributed by atoms with Crippen molar-refractivity contribution in [3.8, 4) is 0 Å². The highest BCUT2D eigenvalue weighted by molar-refractivity contribution is 5.93. The Kier molecular flexibility index (Phi) is 7.67. The van der Waals surface area contributed by atoms with Crippen LogP contribution in [-0.4, -0.2) is 78.9 Å². The molecule has 0 spiro atoms. The number of amides is 2. The topological polar surface area (TPSA) is 55.9 Å². The Labute approximate surface area is 175 Å². The Balaban J connectivity index is 1.41. The third-order valence-corrected chi connectivity index (χ3v) is 5.96. The van der Waals surface area contributed by atoms with Gasteiger partial charge in [-0.2, -0.15) is 0 Å². The second-order valence-corrected chi connectivity index (χ2v) is 8.65. The minimum absolute atomic E-state index is 0.0329. The van der Waals surface area contributed by atoms with Crippen LogP contribution in [0.1, 0.15) is 37.3 Å². The van der Waals surface area contributed by atoms with Crippen molar-refractivity contribution < 1.29 is 9.59 Å². The zero-order valence-electron chi connectivity index (χ0n) is 18.2. The highest BCUT2D eigenvalue weighted by atomic mass is 16.2. The van der Waals surface area contributed by atoms with E-state index in [1.165, 1.54) is 12.8 Å². The Morgan fingerprint density at radius 3 is 2.17 bits per heavy atom. The fourth-order valence-corrected chi connectivity index (χ4v) is 3.99. The monoisotopic (exact) mass is 400 g/mol. The average molecular weight is 401 g/mol. The standard InChI is InChI=1S/C23H36N4O2/c1-4-10-27(15-20-8-9-20)22(29)17-26-13-11-25(12-14-26)16-21(28)24-23-18(2)6-5-7-19(23)3/h5-7,20H,4,8-17H2,1-3H3,(H,24,28). The van der Waals surface area contributed by atoms with E-state index in [-0.39, 0.29) is 11.8 Å². The van der Waals surface area contributed by atoms with Gasteiger partial charge in [0.1, 0.15) is 0 Å². The second kappa shape index (κ2) is 10.2.